The highest BCUT2D eigenvalue weighted by atomic mass is 35.5. The summed E-state index contributed by atoms with van der Waals surface area (Å²) in [5, 5.41) is 3.37. The Labute approximate surface area is 169 Å². The number of anilines is 2. The van der Waals surface area contributed by atoms with Crippen LogP contribution in [0.1, 0.15) is 33.3 Å². The van der Waals surface area contributed by atoms with Crippen LogP contribution in [0.15, 0.2) is 66.9 Å². The minimum atomic E-state index is -0.322. The van der Waals surface area contributed by atoms with Crippen LogP contribution in [0.5, 0.6) is 0 Å². The van der Waals surface area contributed by atoms with Crippen molar-refractivity contribution in [1.82, 2.24) is 4.98 Å². The maximum absolute atomic E-state index is 13.0. The van der Waals surface area contributed by atoms with Crippen molar-refractivity contribution >= 4 is 34.8 Å². The second-order valence-electron chi connectivity index (χ2n) is 6.28. The van der Waals surface area contributed by atoms with E-state index in [2.05, 4.69) is 10.3 Å². The third kappa shape index (κ3) is 4.56. The molecule has 28 heavy (non-hydrogen) atoms. The first kappa shape index (κ1) is 19.6. The van der Waals surface area contributed by atoms with E-state index in [1.165, 1.54) is 12.3 Å². The van der Waals surface area contributed by atoms with Crippen molar-refractivity contribution in [3.63, 3.8) is 0 Å². The second-order valence-corrected chi connectivity index (χ2v) is 6.72. The van der Waals surface area contributed by atoms with Crippen LogP contribution < -0.4 is 10.2 Å². The summed E-state index contributed by atoms with van der Waals surface area (Å²) in [6.07, 6.45) is 1.47. The molecule has 0 radical (unpaired) electrons. The van der Waals surface area contributed by atoms with Crippen LogP contribution >= 0.6 is 11.6 Å². The first-order valence-electron chi connectivity index (χ1n) is 8.89. The molecular formula is C22H20ClN3O2. The van der Waals surface area contributed by atoms with E-state index in [0.717, 1.165) is 11.3 Å². The molecule has 6 heteroatoms. The standard InChI is InChI=1S/C22H20ClN3O2/c1-3-26(19-6-4-5-15(2)13-19)22(28)20-14-16(11-12-24-20)21(27)25-18-9-7-17(23)8-10-18/h4-14H,3H2,1-2H3,(H,25,27). The lowest BCUT2D eigenvalue weighted by atomic mass is 10.1. The maximum Gasteiger partial charge on any atom is 0.276 e. The smallest absolute Gasteiger partial charge is 0.276 e. The van der Waals surface area contributed by atoms with Gasteiger partial charge in [0, 0.05) is 34.7 Å². The lowest BCUT2D eigenvalue weighted by Gasteiger charge is -2.21. The van der Waals surface area contributed by atoms with Crippen LogP contribution in [0, 0.1) is 6.92 Å². The molecule has 0 fully saturated rings. The summed E-state index contributed by atoms with van der Waals surface area (Å²) >= 11 is 5.86. The number of aryl methyl sites for hydroxylation is 1. The molecule has 0 unspecified atom stereocenters. The summed E-state index contributed by atoms with van der Waals surface area (Å²) in [6.45, 7) is 4.37. The molecule has 0 saturated carbocycles. The number of rotatable bonds is 5. The van der Waals surface area contributed by atoms with Gasteiger partial charge in [-0.1, -0.05) is 23.7 Å². The zero-order valence-corrected chi connectivity index (χ0v) is 16.4. The van der Waals surface area contributed by atoms with Gasteiger partial charge in [-0.05, 0) is 67.9 Å². The van der Waals surface area contributed by atoms with Gasteiger partial charge in [0.15, 0.2) is 0 Å². The minimum absolute atomic E-state index is 0.215. The zero-order valence-electron chi connectivity index (χ0n) is 15.6. The van der Waals surface area contributed by atoms with Crippen molar-refractivity contribution in [2.45, 2.75) is 13.8 Å². The van der Waals surface area contributed by atoms with Crippen molar-refractivity contribution in [3.05, 3.63) is 88.7 Å². The highest BCUT2D eigenvalue weighted by Crippen LogP contribution is 2.19. The fourth-order valence-corrected chi connectivity index (χ4v) is 2.93. The molecule has 0 aliphatic rings. The Morgan fingerprint density at radius 3 is 2.50 bits per heavy atom. The van der Waals surface area contributed by atoms with E-state index in [1.807, 2.05) is 38.1 Å². The number of nitrogens with one attached hydrogen (secondary N) is 1. The summed E-state index contributed by atoms with van der Waals surface area (Å²) in [7, 11) is 0. The number of halogens is 1. The summed E-state index contributed by atoms with van der Waals surface area (Å²) < 4.78 is 0. The molecule has 0 aliphatic carbocycles. The zero-order chi connectivity index (χ0) is 20.1. The number of hydrogen-bond acceptors (Lipinski definition) is 3. The molecule has 1 aromatic heterocycles. The lowest BCUT2D eigenvalue weighted by molar-refractivity contribution is 0.0983. The van der Waals surface area contributed by atoms with E-state index < -0.39 is 0 Å². The number of carbonyl (C=O) groups is 2. The number of pyridine rings is 1. The van der Waals surface area contributed by atoms with Gasteiger partial charge in [-0.25, -0.2) is 0 Å². The number of aromatic nitrogens is 1. The Bertz CT molecular complexity index is 1000. The van der Waals surface area contributed by atoms with E-state index >= 15 is 0 Å². The van der Waals surface area contributed by atoms with E-state index in [0.29, 0.717) is 22.8 Å². The van der Waals surface area contributed by atoms with Gasteiger partial charge in [0.05, 0.1) is 0 Å². The Morgan fingerprint density at radius 2 is 1.82 bits per heavy atom. The van der Waals surface area contributed by atoms with E-state index in [-0.39, 0.29) is 17.5 Å². The van der Waals surface area contributed by atoms with Gasteiger partial charge in [0.25, 0.3) is 11.8 Å². The maximum atomic E-state index is 13.0. The summed E-state index contributed by atoms with van der Waals surface area (Å²) in [5.41, 5.74) is 3.05. The van der Waals surface area contributed by atoms with Crippen molar-refractivity contribution in [2.75, 3.05) is 16.8 Å². The molecule has 1 heterocycles. The molecular weight excluding hydrogens is 374 g/mol. The summed E-state index contributed by atoms with van der Waals surface area (Å²) in [5.74, 6) is -0.577. The topological polar surface area (TPSA) is 62.3 Å². The van der Waals surface area contributed by atoms with Crippen molar-refractivity contribution < 1.29 is 9.59 Å². The highest BCUT2D eigenvalue weighted by Gasteiger charge is 2.19. The molecule has 3 aromatic rings. The summed E-state index contributed by atoms with van der Waals surface area (Å²) in [4.78, 5) is 31.3. The molecule has 0 aliphatic heterocycles. The fourth-order valence-electron chi connectivity index (χ4n) is 2.80. The van der Waals surface area contributed by atoms with Gasteiger partial charge in [-0.2, -0.15) is 0 Å². The molecule has 1 N–H and O–H groups in total. The van der Waals surface area contributed by atoms with E-state index in [4.69, 9.17) is 11.6 Å². The van der Waals surface area contributed by atoms with Crippen LogP contribution in [0.2, 0.25) is 5.02 Å². The minimum Gasteiger partial charge on any atom is -0.322 e. The molecule has 3 rings (SSSR count). The van der Waals surface area contributed by atoms with Gasteiger partial charge in [0.1, 0.15) is 5.69 Å². The van der Waals surface area contributed by atoms with E-state index in [9.17, 15) is 9.59 Å². The molecule has 5 nitrogen and oxygen atoms in total. The Kier molecular flexibility index (Phi) is 6.06. The second kappa shape index (κ2) is 8.67. The number of hydrogen-bond donors (Lipinski definition) is 1. The number of carbonyl (C=O) groups excluding carboxylic acids is 2. The lowest BCUT2D eigenvalue weighted by Crippen LogP contribution is -2.31. The highest BCUT2D eigenvalue weighted by molar-refractivity contribution is 6.30. The van der Waals surface area contributed by atoms with Gasteiger partial charge in [-0.3, -0.25) is 14.6 Å². The Morgan fingerprint density at radius 1 is 1.07 bits per heavy atom. The van der Waals surface area contributed by atoms with Crippen molar-refractivity contribution in [1.29, 1.82) is 0 Å². The molecule has 142 valence electrons. The van der Waals surface area contributed by atoms with Gasteiger partial charge in [0.2, 0.25) is 0 Å². The molecule has 0 bridgehead atoms. The predicted molar refractivity (Wildman–Crippen MR) is 112 cm³/mol. The van der Waals surface area contributed by atoms with Gasteiger partial charge >= 0.3 is 0 Å². The molecule has 2 amide bonds. The predicted octanol–water partition coefficient (Wildman–Crippen LogP) is 4.96. The van der Waals surface area contributed by atoms with Crippen LogP contribution in [0.25, 0.3) is 0 Å². The van der Waals surface area contributed by atoms with Gasteiger partial charge in [-0.15, -0.1) is 0 Å². The van der Waals surface area contributed by atoms with Crippen molar-refractivity contribution in [2.24, 2.45) is 0 Å². The van der Waals surface area contributed by atoms with Crippen LogP contribution in [0.3, 0.4) is 0 Å². The average Bonchev–Trinajstić information content (AvgIpc) is 2.70. The van der Waals surface area contributed by atoms with Crippen LogP contribution in [0.4, 0.5) is 11.4 Å². The normalized spacial score (nSPS) is 10.4. The van der Waals surface area contributed by atoms with E-state index in [1.54, 1.807) is 35.2 Å². The Hall–Kier alpha value is -3.18. The number of nitrogens with zero attached hydrogens (tertiary/aromatic N) is 2. The van der Waals surface area contributed by atoms with Crippen molar-refractivity contribution in [3.8, 4) is 0 Å². The van der Waals surface area contributed by atoms with Gasteiger partial charge < -0.3 is 10.2 Å². The molecule has 0 spiro atoms. The Balaban J connectivity index is 1.82. The monoisotopic (exact) mass is 393 g/mol. The molecule has 0 atom stereocenters. The third-order valence-corrected chi connectivity index (χ3v) is 4.47. The first-order chi connectivity index (χ1) is 13.5. The quantitative estimate of drug-likeness (QED) is 0.666. The SMILES string of the molecule is CCN(C(=O)c1cc(C(=O)Nc2ccc(Cl)cc2)ccn1)c1cccc(C)c1. The number of amides is 2. The largest absolute Gasteiger partial charge is 0.322 e. The van der Waals surface area contributed by atoms with Crippen LogP contribution in [-0.4, -0.2) is 23.3 Å². The first-order valence-corrected chi connectivity index (χ1v) is 9.27. The fraction of sp³-hybridized carbons (Fsp3) is 0.136. The summed E-state index contributed by atoms with van der Waals surface area (Å²) in [6, 6.07) is 17.6. The van der Waals surface area contributed by atoms with Crippen LogP contribution in [-0.2, 0) is 0 Å². The molecule has 0 saturated heterocycles. The average molecular weight is 394 g/mol. The third-order valence-electron chi connectivity index (χ3n) is 4.22. The molecule has 2 aromatic carbocycles. The number of benzene rings is 2.